The lowest BCUT2D eigenvalue weighted by atomic mass is 10.1. The van der Waals surface area contributed by atoms with Crippen LogP contribution in [0.3, 0.4) is 0 Å². The van der Waals surface area contributed by atoms with Crippen molar-refractivity contribution in [2.24, 2.45) is 0 Å². The fourth-order valence-corrected chi connectivity index (χ4v) is 6.50. The number of rotatable bonds is 6. The van der Waals surface area contributed by atoms with Gasteiger partial charge in [0, 0.05) is 34.7 Å². The molecule has 2 aromatic heterocycles. The molecule has 0 radical (unpaired) electrons. The van der Waals surface area contributed by atoms with Crippen LogP contribution in [0, 0.1) is 0 Å². The van der Waals surface area contributed by atoms with Gasteiger partial charge in [-0.15, -0.1) is 10.2 Å². The van der Waals surface area contributed by atoms with Crippen LogP contribution in [0.2, 0.25) is 0 Å². The number of carbonyl (C=O) groups excluding carboxylic acids is 1. The summed E-state index contributed by atoms with van der Waals surface area (Å²) in [5.74, 6) is 0.816. The van der Waals surface area contributed by atoms with Crippen molar-refractivity contribution >= 4 is 38.4 Å². The second-order valence-corrected chi connectivity index (χ2v) is 11.6. The number of amides is 1. The number of hydrogen-bond acceptors (Lipinski definition) is 6. The van der Waals surface area contributed by atoms with Crippen molar-refractivity contribution in [1.82, 2.24) is 25.1 Å². The van der Waals surface area contributed by atoms with E-state index in [1.165, 1.54) is 11.8 Å². The lowest BCUT2D eigenvalue weighted by molar-refractivity contribution is -0.120. The maximum atomic E-state index is 12.6. The molecular weight excluding hydrogens is 422 g/mol. The van der Waals surface area contributed by atoms with E-state index in [1.807, 2.05) is 31.3 Å². The third-order valence-corrected chi connectivity index (χ3v) is 8.46. The first-order valence-electron chi connectivity index (χ1n) is 10.1. The first-order valence-corrected chi connectivity index (χ1v) is 12.8. The Balaban J connectivity index is 1.37. The number of nitrogens with one attached hydrogen (secondary N) is 2. The zero-order chi connectivity index (χ0) is 20.9. The fraction of sp³-hybridized carbons (Fsp3) is 0.450. The third kappa shape index (κ3) is 3.74. The Morgan fingerprint density at radius 2 is 2.07 bits per heavy atom. The van der Waals surface area contributed by atoms with Crippen LogP contribution < -0.4 is 5.32 Å². The lowest BCUT2D eigenvalue weighted by Gasteiger charge is -2.16. The fourth-order valence-electron chi connectivity index (χ4n) is 3.90. The molecule has 5 rings (SSSR count). The van der Waals surface area contributed by atoms with E-state index < -0.39 is 15.1 Å². The van der Waals surface area contributed by atoms with Gasteiger partial charge in [-0.1, -0.05) is 30.0 Å². The van der Waals surface area contributed by atoms with Gasteiger partial charge in [0.1, 0.15) is 0 Å². The van der Waals surface area contributed by atoms with E-state index in [1.54, 1.807) is 0 Å². The number of aromatic nitrogens is 4. The predicted octanol–water partition coefficient (Wildman–Crippen LogP) is 2.55. The normalized spacial score (nSPS) is 21.7. The minimum absolute atomic E-state index is 0.0269. The van der Waals surface area contributed by atoms with Crippen LogP contribution >= 0.6 is 11.8 Å². The van der Waals surface area contributed by atoms with Crippen molar-refractivity contribution in [3.8, 4) is 11.4 Å². The molecule has 2 aliphatic rings. The van der Waals surface area contributed by atoms with Crippen molar-refractivity contribution in [3.63, 3.8) is 0 Å². The van der Waals surface area contributed by atoms with E-state index >= 15 is 0 Å². The van der Waals surface area contributed by atoms with E-state index in [-0.39, 0.29) is 23.5 Å². The number of thioether (sulfide) groups is 1. The molecule has 1 aromatic carbocycles. The monoisotopic (exact) mass is 445 g/mol. The van der Waals surface area contributed by atoms with Crippen molar-refractivity contribution in [2.45, 2.75) is 48.7 Å². The summed E-state index contributed by atoms with van der Waals surface area (Å²) in [6, 6.07) is 8.14. The maximum Gasteiger partial charge on any atom is 0.233 e. The quantitative estimate of drug-likeness (QED) is 0.564. The first-order chi connectivity index (χ1) is 14.4. The molecule has 0 bridgehead atoms. The van der Waals surface area contributed by atoms with Crippen molar-refractivity contribution in [2.75, 3.05) is 11.5 Å². The van der Waals surface area contributed by atoms with Crippen LogP contribution in [0.1, 0.15) is 32.2 Å². The number of sulfone groups is 1. The van der Waals surface area contributed by atoms with Gasteiger partial charge in [0.25, 0.3) is 0 Å². The molecule has 2 fully saturated rings. The van der Waals surface area contributed by atoms with Crippen LogP contribution in [-0.2, 0) is 14.6 Å². The van der Waals surface area contributed by atoms with E-state index in [0.717, 1.165) is 40.3 Å². The number of nitrogens with zero attached hydrogens (tertiary/aromatic N) is 3. The van der Waals surface area contributed by atoms with Gasteiger partial charge in [0.2, 0.25) is 5.91 Å². The van der Waals surface area contributed by atoms with Gasteiger partial charge >= 0.3 is 0 Å². The molecule has 30 heavy (non-hydrogen) atoms. The maximum absolute atomic E-state index is 12.6. The number of fused-ring (bicyclic) bond motifs is 1. The summed E-state index contributed by atoms with van der Waals surface area (Å²) >= 11 is 1.37. The largest absolute Gasteiger partial charge is 0.360 e. The molecule has 3 aromatic rings. The van der Waals surface area contributed by atoms with Gasteiger partial charge in [0.05, 0.1) is 16.8 Å². The van der Waals surface area contributed by atoms with Crippen LogP contribution in [0.15, 0.2) is 35.6 Å². The molecule has 10 heteroatoms. The number of carbonyl (C=O) groups is 1. The van der Waals surface area contributed by atoms with E-state index in [2.05, 4.69) is 31.1 Å². The number of hydrogen-bond donors (Lipinski definition) is 2. The van der Waals surface area contributed by atoms with Crippen LogP contribution in [-0.4, -0.2) is 56.9 Å². The summed E-state index contributed by atoms with van der Waals surface area (Å²) in [6.07, 6.45) is 4.58. The molecule has 0 spiro atoms. The third-order valence-electron chi connectivity index (χ3n) is 5.64. The average molecular weight is 446 g/mol. The summed E-state index contributed by atoms with van der Waals surface area (Å²) < 4.78 is 25.4. The number of H-pyrrole nitrogens is 1. The zero-order valence-electron chi connectivity index (χ0n) is 16.5. The number of benzene rings is 1. The van der Waals surface area contributed by atoms with E-state index in [0.29, 0.717) is 12.5 Å². The summed E-state index contributed by atoms with van der Waals surface area (Å²) in [7, 11) is -3.03. The number of para-hydroxylation sites is 1. The molecule has 3 heterocycles. The standard InChI is InChI=1S/C20H23N5O3S2/c1-12(19(26)22-13-8-9-30(27,28)11-13)29-20-24-23-18(25(20)14-6-7-14)16-10-21-17-5-3-2-4-15(16)17/h2-5,10,12-14,21H,6-9,11H2,1H3,(H,22,26)/t12-,13+/m1/s1. The Kier molecular flexibility index (Phi) is 4.85. The van der Waals surface area contributed by atoms with Gasteiger partial charge in [-0.05, 0) is 32.3 Å². The Morgan fingerprint density at radius 1 is 1.27 bits per heavy atom. The van der Waals surface area contributed by atoms with E-state index in [9.17, 15) is 13.2 Å². The van der Waals surface area contributed by atoms with Gasteiger partial charge in [0.15, 0.2) is 20.8 Å². The summed E-state index contributed by atoms with van der Waals surface area (Å²) in [5.41, 5.74) is 2.05. The highest BCUT2D eigenvalue weighted by molar-refractivity contribution is 8.00. The molecule has 158 valence electrons. The smallest absolute Gasteiger partial charge is 0.233 e. The Labute approximate surface area is 178 Å². The number of aromatic amines is 1. The first kappa shape index (κ1) is 19.6. The van der Waals surface area contributed by atoms with Gasteiger partial charge in [-0.3, -0.25) is 9.36 Å². The SMILES string of the molecule is C[C@@H](Sc1nnc(-c2c[nH]c3ccccc23)n1C1CC1)C(=O)N[C@H]1CCS(=O)(=O)C1. The van der Waals surface area contributed by atoms with Crippen LogP contribution in [0.5, 0.6) is 0 Å². The Hall–Kier alpha value is -2.33. The molecule has 1 saturated carbocycles. The van der Waals surface area contributed by atoms with Crippen molar-refractivity contribution in [3.05, 3.63) is 30.5 Å². The van der Waals surface area contributed by atoms with Crippen molar-refractivity contribution < 1.29 is 13.2 Å². The second kappa shape index (κ2) is 7.42. The Bertz CT molecular complexity index is 1210. The summed E-state index contributed by atoms with van der Waals surface area (Å²) in [6.45, 7) is 1.82. The highest BCUT2D eigenvalue weighted by Gasteiger charge is 2.33. The highest BCUT2D eigenvalue weighted by Crippen LogP contribution is 2.42. The summed E-state index contributed by atoms with van der Waals surface area (Å²) in [4.78, 5) is 15.9. The van der Waals surface area contributed by atoms with E-state index in [4.69, 9.17) is 0 Å². The minimum Gasteiger partial charge on any atom is -0.360 e. The van der Waals surface area contributed by atoms with Crippen LogP contribution in [0.25, 0.3) is 22.3 Å². The molecule has 1 saturated heterocycles. The molecule has 2 atom stereocenters. The topological polar surface area (TPSA) is 110 Å². The minimum atomic E-state index is -3.03. The molecule has 1 aliphatic carbocycles. The highest BCUT2D eigenvalue weighted by atomic mass is 32.2. The summed E-state index contributed by atoms with van der Waals surface area (Å²) in [5, 5.41) is 13.2. The molecular formula is C20H23N5O3S2. The predicted molar refractivity (Wildman–Crippen MR) is 116 cm³/mol. The van der Waals surface area contributed by atoms with Crippen molar-refractivity contribution in [1.29, 1.82) is 0 Å². The molecule has 1 aliphatic heterocycles. The lowest BCUT2D eigenvalue weighted by Crippen LogP contribution is -2.40. The molecule has 8 nitrogen and oxygen atoms in total. The van der Waals surface area contributed by atoms with Gasteiger partial charge < -0.3 is 10.3 Å². The van der Waals surface area contributed by atoms with Crippen LogP contribution in [0.4, 0.5) is 0 Å². The average Bonchev–Trinajstić information content (AvgIpc) is 3.17. The second-order valence-electron chi connectivity index (χ2n) is 8.02. The zero-order valence-corrected chi connectivity index (χ0v) is 18.2. The molecule has 0 unspecified atom stereocenters. The van der Waals surface area contributed by atoms with Gasteiger partial charge in [-0.25, -0.2) is 8.42 Å². The molecule has 2 N–H and O–H groups in total. The van der Waals surface area contributed by atoms with Gasteiger partial charge in [-0.2, -0.15) is 0 Å². The molecule has 1 amide bonds. The Morgan fingerprint density at radius 3 is 2.80 bits per heavy atom.